The van der Waals surface area contributed by atoms with Crippen molar-refractivity contribution < 1.29 is 14.6 Å². The Morgan fingerprint density at radius 2 is 1.56 bits per heavy atom. The first kappa shape index (κ1) is 20.7. The van der Waals surface area contributed by atoms with Crippen LogP contribution in [0.4, 0.5) is 0 Å². The quantitative estimate of drug-likeness (QED) is 0.261. The lowest BCUT2D eigenvalue weighted by Crippen LogP contribution is -2.42. The minimum Gasteiger partial charge on any atom is -0.390 e. The summed E-state index contributed by atoms with van der Waals surface area (Å²) in [6.45, 7) is 4.40. The molecule has 3 atom stereocenters. The summed E-state index contributed by atoms with van der Waals surface area (Å²) in [4.78, 5) is 2.82. The molecule has 0 amide bonds. The van der Waals surface area contributed by atoms with Crippen LogP contribution in [-0.2, 0) is 22.7 Å². The molecule has 0 aromatic heterocycles. The van der Waals surface area contributed by atoms with Gasteiger partial charge >= 0.3 is 0 Å². The number of ether oxygens (including phenoxy) is 2. The molecule has 2 aromatic rings. The molecule has 2 rings (SSSR count). The molecule has 27 heavy (non-hydrogen) atoms. The maximum atomic E-state index is 10.5. The van der Waals surface area contributed by atoms with Crippen LogP contribution >= 0.6 is 0 Å². The molecular weight excluding hydrogens is 342 g/mol. The highest BCUT2D eigenvalue weighted by molar-refractivity contribution is 5.14. The standard InChI is InChI=1S/C21H25N3O3/c1-2-9-19(25)21(27-16-18-12-7-4-8-13-18)20(14-23-24-22)26-15-17-10-5-3-6-11-17/h2-8,10-13,19-21,25H,1,9,14-16H2/t19-,20+,21+/m1/s1. The van der Waals surface area contributed by atoms with Crippen LogP contribution in [0.5, 0.6) is 0 Å². The van der Waals surface area contributed by atoms with E-state index in [1.165, 1.54) is 0 Å². The molecule has 0 fully saturated rings. The second-order valence-electron chi connectivity index (χ2n) is 6.10. The van der Waals surface area contributed by atoms with Crippen molar-refractivity contribution in [2.75, 3.05) is 6.54 Å². The lowest BCUT2D eigenvalue weighted by molar-refractivity contribution is -0.127. The van der Waals surface area contributed by atoms with Gasteiger partial charge in [-0.15, -0.1) is 6.58 Å². The molecule has 0 aliphatic heterocycles. The number of hydrogen-bond acceptors (Lipinski definition) is 4. The lowest BCUT2D eigenvalue weighted by atomic mass is 10.0. The molecule has 0 aliphatic rings. The summed E-state index contributed by atoms with van der Waals surface area (Å²) in [6.07, 6.45) is -0.0789. The van der Waals surface area contributed by atoms with Crippen molar-refractivity contribution in [1.82, 2.24) is 0 Å². The third kappa shape index (κ3) is 7.25. The fourth-order valence-corrected chi connectivity index (χ4v) is 2.68. The van der Waals surface area contributed by atoms with Gasteiger partial charge in [-0.1, -0.05) is 71.9 Å². The Labute approximate surface area is 159 Å². The van der Waals surface area contributed by atoms with Crippen molar-refractivity contribution in [3.63, 3.8) is 0 Å². The van der Waals surface area contributed by atoms with E-state index in [9.17, 15) is 5.11 Å². The molecule has 2 aromatic carbocycles. The van der Waals surface area contributed by atoms with Gasteiger partial charge in [-0.3, -0.25) is 0 Å². The van der Waals surface area contributed by atoms with Crippen molar-refractivity contribution >= 4 is 0 Å². The zero-order chi connectivity index (χ0) is 19.3. The SMILES string of the molecule is C=CC[C@@H](O)[C@H](OCc1ccccc1)[C@H](CN=[N+]=[N-])OCc1ccccc1. The minimum absolute atomic E-state index is 0.0665. The van der Waals surface area contributed by atoms with E-state index in [4.69, 9.17) is 15.0 Å². The fraction of sp³-hybridized carbons (Fsp3) is 0.333. The maximum Gasteiger partial charge on any atom is 0.110 e. The maximum absolute atomic E-state index is 10.5. The van der Waals surface area contributed by atoms with E-state index in [0.29, 0.717) is 19.6 Å². The highest BCUT2D eigenvalue weighted by Gasteiger charge is 2.29. The Kier molecular flexibility index (Phi) is 9.10. The first-order valence-corrected chi connectivity index (χ1v) is 8.85. The molecule has 0 aliphatic carbocycles. The van der Waals surface area contributed by atoms with E-state index < -0.39 is 18.3 Å². The summed E-state index contributed by atoms with van der Waals surface area (Å²) >= 11 is 0. The zero-order valence-corrected chi connectivity index (χ0v) is 15.2. The van der Waals surface area contributed by atoms with Crippen molar-refractivity contribution in [1.29, 1.82) is 0 Å². The molecule has 0 bridgehead atoms. The summed E-state index contributed by atoms with van der Waals surface area (Å²) in [7, 11) is 0. The number of rotatable bonds is 12. The van der Waals surface area contributed by atoms with Crippen LogP contribution in [0.1, 0.15) is 17.5 Å². The van der Waals surface area contributed by atoms with E-state index in [1.807, 2.05) is 60.7 Å². The summed E-state index contributed by atoms with van der Waals surface area (Å²) in [5.41, 5.74) is 10.7. The van der Waals surface area contributed by atoms with Gasteiger partial charge in [0, 0.05) is 4.91 Å². The second-order valence-corrected chi connectivity index (χ2v) is 6.10. The Hall–Kier alpha value is -2.63. The number of nitrogens with zero attached hydrogens (tertiary/aromatic N) is 3. The molecule has 6 nitrogen and oxygen atoms in total. The average molecular weight is 367 g/mol. The van der Waals surface area contributed by atoms with Crippen molar-refractivity contribution in [2.45, 2.75) is 37.9 Å². The van der Waals surface area contributed by atoms with Crippen LogP contribution in [0.15, 0.2) is 78.4 Å². The van der Waals surface area contributed by atoms with Gasteiger partial charge in [0.1, 0.15) is 6.10 Å². The molecule has 0 saturated carbocycles. The van der Waals surface area contributed by atoms with Gasteiger partial charge in [0.2, 0.25) is 0 Å². The summed E-state index contributed by atoms with van der Waals surface area (Å²) in [5.74, 6) is 0. The van der Waals surface area contributed by atoms with Gasteiger partial charge in [-0.2, -0.15) is 0 Å². The average Bonchev–Trinajstić information content (AvgIpc) is 2.71. The van der Waals surface area contributed by atoms with Crippen LogP contribution in [0.25, 0.3) is 10.4 Å². The molecule has 0 heterocycles. The van der Waals surface area contributed by atoms with Gasteiger partial charge in [-0.05, 0) is 23.1 Å². The first-order valence-electron chi connectivity index (χ1n) is 8.85. The van der Waals surface area contributed by atoms with E-state index in [2.05, 4.69) is 16.6 Å². The summed E-state index contributed by atoms with van der Waals surface area (Å²) in [6, 6.07) is 19.4. The number of aliphatic hydroxyl groups is 1. The molecule has 1 N–H and O–H groups in total. The Morgan fingerprint density at radius 1 is 1.00 bits per heavy atom. The number of hydrogen-bond donors (Lipinski definition) is 1. The van der Waals surface area contributed by atoms with Crippen molar-refractivity contribution in [2.24, 2.45) is 5.11 Å². The summed E-state index contributed by atoms with van der Waals surface area (Å²) < 4.78 is 11.9. The third-order valence-electron chi connectivity index (χ3n) is 4.07. The predicted octanol–water partition coefficient (Wildman–Crippen LogP) is 4.40. The summed E-state index contributed by atoms with van der Waals surface area (Å²) in [5, 5.41) is 14.2. The first-order chi connectivity index (χ1) is 13.2. The van der Waals surface area contributed by atoms with Gasteiger partial charge in [0.15, 0.2) is 0 Å². The van der Waals surface area contributed by atoms with E-state index in [-0.39, 0.29) is 6.54 Å². The molecule has 0 radical (unpaired) electrons. The number of benzene rings is 2. The van der Waals surface area contributed by atoms with Crippen LogP contribution in [0, 0.1) is 0 Å². The molecular formula is C21H25N3O3. The predicted molar refractivity (Wildman–Crippen MR) is 105 cm³/mol. The largest absolute Gasteiger partial charge is 0.390 e. The topological polar surface area (TPSA) is 87.5 Å². The zero-order valence-electron chi connectivity index (χ0n) is 15.2. The molecule has 142 valence electrons. The Morgan fingerprint density at radius 3 is 2.07 bits per heavy atom. The monoisotopic (exact) mass is 367 g/mol. The van der Waals surface area contributed by atoms with E-state index in [0.717, 1.165) is 11.1 Å². The van der Waals surface area contributed by atoms with Crippen LogP contribution in [0.2, 0.25) is 0 Å². The van der Waals surface area contributed by atoms with Gasteiger partial charge in [-0.25, -0.2) is 0 Å². The van der Waals surface area contributed by atoms with E-state index >= 15 is 0 Å². The van der Waals surface area contributed by atoms with Gasteiger partial charge < -0.3 is 14.6 Å². The normalized spacial score (nSPS) is 14.0. The highest BCUT2D eigenvalue weighted by Crippen LogP contribution is 2.17. The van der Waals surface area contributed by atoms with E-state index in [1.54, 1.807) is 6.08 Å². The molecule has 0 unspecified atom stereocenters. The lowest BCUT2D eigenvalue weighted by Gasteiger charge is -2.30. The fourth-order valence-electron chi connectivity index (χ4n) is 2.68. The van der Waals surface area contributed by atoms with Crippen molar-refractivity contribution in [3.05, 3.63) is 94.9 Å². The number of azide groups is 1. The van der Waals surface area contributed by atoms with Crippen LogP contribution in [-0.4, -0.2) is 30.0 Å². The molecule has 6 heteroatoms. The van der Waals surface area contributed by atoms with Gasteiger partial charge in [0.25, 0.3) is 0 Å². The minimum atomic E-state index is -0.819. The van der Waals surface area contributed by atoms with Gasteiger partial charge in [0.05, 0.1) is 32.0 Å². The van der Waals surface area contributed by atoms with Crippen LogP contribution < -0.4 is 0 Å². The molecule has 0 spiro atoms. The Bertz CT molecular complexity index is 718. The smallest absolute Gasteiger partial charge is 0.110 e. The second kappa shape index (κ2) is 11.9. The van der Waals surface area contributed by atoms with Crippen LogP contribution in [0.3, 0.4) is 0 Å². The Balaban J connectivity index is 2.11. The van der Waals surface area contributed by atoms with Crippen molar-refractivity contribution in [3.8, 4) is 0 Å². The third-order valence-corrected chi connectivity index (χ3v) is 4.07. The highest BCUT2D eigenvalue weighted by atomic mass is 16.5. The number of aliphatic hydroxyl groups excluding tert-OH is 1. The molecule has 0 saturated heterocycles.